The molecule has 3 aromatic rings. The Kier molecular flexibility index (Phi) is 5.33. The Bertz CT molecular complexity index is 977. The third-order valence-corrected chi connectivity index (χ3v) is 5.46. The molecule has 7 heteroatoms. The van der Waals surface area contributed by atoms with Crippen molar-refractivity contribution in [2.45, 2.75) is 6.04 Å². The van der Waals surface area contributed by atoms with Gasteiger partial charge in [-0.15, -0.1) is 0 Å². The molecule has 0 radical (unpaired) electrons. The molecule has 4 rings (SSSR count). The molecule has 3 heterocycles. The van der Waals surface area contributed by atoms with Crippen molar-refractivity contribution in [3.63, 3.8) is 0 Å². The van der Waals surface area contributed by atoms with Crippen LogP contribution >= 0.6 is 11.3 Å². The Morgan fingerprint density at radius 1 is 1.22 bits per heavy atom. The predicted octanol–water partition coefficient (Wildman–Crippen LogP) is 2.66. The number of thiophene rings is 1. The van der Waals surface area contributed by atoms with Gasteiger partial charge in [0.25, 0.3) is 5.91 Å². The number of hydrogen-bond donors (Lipinski definition) is 1. The minimum Gasteiger partial charge on any atom is -0.422 e. The van der Waals surface area contributed by atoms with Gasteiger partial charge in [0.15, 0.2) is 0 Å². The van der Waals surface area contributed by atoms with E-state index in [2.05, 4.69) is 21.7 Å². The number of carbonyl (C=O) groups excluding carboxylic acids is 1. The summed E-state index contributed by atoms with van der Waals surface area (Å²) in [6.45, 7) is 3.41. The first kappa shape index (κ1) is 17.9. The molecule has 6 nitrogen and oxygen atoms in total. The van der Waals surface area contributed by atoms with Crippen molar-refractivity contribution in [1.82, 2.24) is 10.2 Å². The molecule has 1 saturated heterocycles. The van der Waals surface area contributed by atoms with Gasteiger partial charge in [0.05, 0.1) is 19.3 Å². The van der Waals surface area contributed by atoms with Crippen molar-refractivity contribution in [1.29, 1.82) is 0 Å². The molecule has 0 bridgehead atoms. The Morgan fingerprint density at radius 2 is 2.04 bits per heavy atom. The average Bonchev–Trinajstić information content (AvgIpc) is 3.23. The van der Waals surface area contributed by atoms with Crippen LogP contribution in [-0.2, 0) is 4.74 Å². The number of hydrogen-bond acceptors (Lipinski definition) is 6. The number of carbonyl (C=O) groups is 1. The van der Waals surface area contributed by atoms with Gasteiger partial charge in [-0.3, -0.25) is 9.69 Å². The van der Waals surface area contributed by atoms with Crippen molar-refractivity contribution < 1.29 is 13.9 Å². The first-order chi connectivity index (χ1) is 13.2. The van der Waals surface area contributed by atoms with Gasteiger partial charge in [-0.1, -0.05) is 18.2 Å². The van der Waals surface area contributed by atoms with Gasteiger partial charge in [-0.25, -0.2) is 4.79 Å². The van der Waals surface area contributed by atoms with E-state index in [1.54, 1.807) is 29.5 Å². The van der Waals surface area contributed by atoms with Crippen LogP contribution in [0.2, 0.25) is 0 Å². The van der Waals surface area contributed by atoms with E-state index >= 15 is 0 Å². The predicted molar refractivity (Wildman–Crippen MR) is 104 cm³/mol. The Labute approximate surface area is 160 Å². The summed E-state index contributed by atoms with van der Waals surface area (Å²) < 4.78 is 10.7. The molecule has 1 fully saturated rings. The number of rotatable bonds is 5. The van der Waals surface area contributed by atoms with Crippen LogP contribution in [0.3, 0.4) is 0 Å². The van der Waals surface area contributed by atoms with Gasteiger partial charge < -0.3 is 14.5 Å². The number of fused-ring (bicyclic) bond motifs is 1. The average molecular weight is 384 g/mol. The van der Waals surface area contributed by atoms with E-state index in [-0.39, 0.29) is 11.6 Å². The second kappa shape index (κ2) is 8.04. The highest BCUT2D eigenvalue weighted by atomic mass is 32.1. The Hall–Kier alpha value is -2.48. The van der Waals surface area contributed by atoms with Crippen LogP contribution in [0.1, 0.15) is 22.0 Å². The zero-order valence-corrected chi connectivity index (χ0v) is 15.5. The molecule has 1 aromatic carbocycles. The fourth-order valence-electron chi connectivity index (χ4n) is 3.32. The number of nitrogens with zero attached hydrogens (tertiary/aromatic N) is 1. The van der Waals surface area contributed by atoms with Crippen molar-refractivity contribution in [3.8, 4) is 0 Å². The van der Waals surface area contributed by atoms with E-state index in [1.807, 2.05) is 17.5 Å². The summed E-state index contributed by atoms with van der Waals surface area (Å²) in [5.41, 5.74) is 1.04. The van der Waals surface area contributed by atoms with Crippen LogP contribution in [-0.4, -0.2) is 43.7 Å². The van der Waals surface area contributed by atoms with E-state index in [0.29, 0.717) is 25.3 Å². The summed E-state index contributed by atoms with van der Waals surface area (Å²) >= 11 is 1.63. The molecule has 27 heavy (non-hydrogen) atoms. The summed E-state index contributed by atoms with van der Waals surface area (Å²) in [6, 6.07) is 10.9. The maximum absolute atomic E-state index is 12.7. The highest BCUT2D eigenvalue weighted by Crippen LogP contribution is 2.23. The molecule has 0 aliphatic carbocycles. The maximum Gasteiger partial charge on any atom is 0.349 e. The molecule has 1 unspecified atom stereocenters. The van der Waals surface area contributed by atoms with E-state index in [4.69, 9.17) is 9.15 Å². The zero-order chi connectivity index (χ0) is 18.6. The minimum atomic E-state index is -0.621. The van der Waals surface area contributed by atoms with Crippen LogP contribution in [0.15, 0.2) is 56.4 Å². The van der Waals surface area contributed by atoms with Gasteiger partial charge >= 0.3 is 5.63 Å². The van der Waals surface area contributed by atoms with Crippen molar-refractivity contribution in [2.75, 3.05) is 32.8 Å². The minimum absolute atomic E-state index is 0.0275. The van der Waals surface area contributed by atoms with Crippen LogP contribution in [0.5, 0.6) is 0 Å². The van der Waals surface area contributed by atoms with Crippen LogP contribution in [0.25, 0.3) is 11.0 Å². The highest BCUT2D eigenvalue weighted by molar-refractivity contribution is 7.07. The van der Waals surface area contributed by atoms with Gasteiger partial charge in [0.2, 0.25) is 0 Å². The summed E-state index contributed by atoms with van der Waals surface area (Å²) in [5, 5.41) is 7.76. The fourth-order valence-corrected chi connectivity index (χ4v) is 4.02. The standard InChI is InChI=1S/C20H20N2O4S/c23-19(16-11-14-3-1-2-4-18(14)26-20(16)24)21-12-17(15-5-10-27-13-15)22-6-8-25-9-7-22/h1-5,10-11,13,17H,6-9,12H2,(H,21,23). The molecule has 1 amide bonds. The Balaban J connectivity index is 1.53. The van der Waals surface area contributed by atoms with Gasteiger partial charge in [0, 0.05) is 25.0 Å². The highest BCUT2D eigenvalue weighted by Gasteiger charge is 2.24. The number of morpholine rings is 1. The lowest BCUT2D eigenvalue weighted by atomic mass is 10.1. The molecular formula is C20H20N2O4S. The van der Waals surface area contributed by atoms with E-state index in [0.717, 1.165) is 24.0 Å². The zero-order valence-electron chi connectivity index (χ0n) is 14.7. The van der Waals surface area contributed by atoms with Crippen molar-refractivity contribution in [3.05, 3.63) is 68.7 Å². The monoisotopic (exact) mass is 384 g/mol. The SMILES string of the molecule is O=C(NCC(c1ccsc1)N1CCOCC1)c1cc2ccccc2oc1=O. The first-order valence-corrected chi connectivity index (χ1v) is 9.81. The molecule has 1 aliphatic rings. The molecule has 0 spiro atoms. The molecule has 1 N–H and O–H groups in total. The largest absolute Gasteiger partial charge is 0.422 e. The molecule has 1 atom stereocenters. The molecule has 0 saturated carbocycles. The van der Waals surface area contributed by atoms with Crippen molar-refractivity contribution in [2.24, 2.45) is 0 Å². The molecule has 140 valence electrons. The van der Waals surface area contributed by atoms with Gasteiger partial charge in [-0.05, 0) is 34.5 Å². The van der Waals surface area contributed by atoms with Crippen molar-refractivity contribution >= 4 is 28.2 Å². The lowest BCUT2D eigenvalue weighted by Gasteiger charge is -2.34. The van der Waals surface area contributed by atoms with Crippen LogP contribution in [0.4, 0.5) is 0 Å². The summed E-state index contributed by atoms with van der Waals surface area (Å²) in [4.78, 5) is 27.2. The first-order valence-electron chi connectivity index (χ1n) is 8.87. The number of nitrogens with one attached hydrogen (secondary N) is 1. The molecule has 2 aromatic heterocycles. The van der Waals surface area contributed by atoms with E-state index in [9.17, 15) is 9.59 Å². The maximum atomic E-state index is 12.7. The van der Waals surface area contributed by atoms with Gasteiger partial charge in [-0.2, -0.15) is 11.3 Å². The van der Waals surface area contributed by atoms with Gasteiger partial charge in [0.1, 0.15) is 11.1 Å². The topological polar surface area (TPSA) is 71.8 Å². The number of benzene rings is 1. The summed E-state index contributed by atoms with van der Waals surface area (Å²) in [5.74, 6) is -0.414. The number of para-hydroxylation sites is 1. The summed E-state index contributed by atoms with van der Waals surface area (Å²) in [7, 11) is 0. The summed E-state index contributed by atoms with van der Waals surface area (Å²) in [6.07, 6.45) is 0. The lowest BCUT2D eigenvalue weighted by molar-refractivity contribution is 0.0163. The smallest absolute Gasteiger partial charge is 0.349 e. The molecular weight excluding hydrogens is 364 g/mol. The third-order valence-electron chi connectivity index (χ3n) is 4.76. The number of ether oxygens (including phenoxy) is 1. The Morgan fingerprint density at radius 3 is 2.81 bits per heavy atom. The van der Waals surface area contributed by atoms with Crippen LogP contribution in [0, 0.1) is 0 Å². The third kappa shape index (κ3) is 3.95. The quantitative estimate of drug-likeness (QED) is 0.685. The van der Waals surface area contributed by atoms with Crippen LogP contribution < -0.4 is 10.9 Å². The second-order valence-corrected chi connectivity index (χ2v) is 7.20. The van der Waals surface area contributed by atoms with E-state index < -0.39 is 11.5 Å². The van der Waals surface area contributed by atoms with E-state index in [1.165, 1.54) is 0 Å². The fraction of sp³-hybridized carbons (Fsp3) is 0.300. The second-order valence-electron chi connectivity index (χ2n) is 6.42. The normalized spacial score (nSPS) is 16.3. The number of amides is 1. The molecule has 1 aliphatic heterocycles. The lowest BCUT2D eigenvalue weighted by Crippen LogP contribution is -2.44.